The number of ether oxygens (including phenoxy) is 1. The number of hydrogen-bond acceptors (Lipinski definition) is 3. The number of methoxy groups -OCH3 is 1. The van der Waals surface area contributed by atoms with Gasteiger partial charge in [-0.1, -0.05) is 30.3 Å². The number of carbonyl (C=O) groups is 1. The van der Waals surface area contributed by atoms with Crippen molar-refractivity contribution in [3.8, 4) is 0 Å². The molecule has 2 heterocycles. The molecular weight excluding hydrogens is 424 g/mol. The van der Waals surface area contributed by atoms with E-state index in [1.54, 1.807) is 16.9 Å². The van der Waals surface area contributed by atoms with Crippen LogP contribution in [-0.2, 0) is 10.3 Å². The van der Waals surface area contributed by atoms with Crippen LogP contribution in [0.3, 0.4) is 0 Å². The van der Waals surface area contributed by atoms with Crippen molar-refractivity contribution in [1.82, 2.24) is 14.7 Å². The smallest absolute Gasteiger partial charge is 0.321 e. The van der Waals surface area contributed by atoms with Gasteiger partial charge in [-0.25, -0.2) is 13.6 Å². The fraction of sp³-hybridized carbons (Fsp3) is 0.423. The molecule has 2 aliphatic heterocycles. The lowest BCUT2D eigenvalue weighted by atomic mass is 9.89. The number of hydrogen-bond donors (Lipinski definition) is 0. The number of nitrogens with zero attached hydrogens (tertiary/aromatic N) is 3. The molecule has 1 atom stereocenters. The van der Waals surface area contributed by atoms with Gasteiger partial charge >= 0.3 is 6.03 Å². The van der Waals surface area contributed by atoms with Gasteiger partial charge in [0.25, 0.3) is 0 Å². The fourth-order valence-electron chi connectivity index (χ4n) is 4.99. The summed E-state index contributed by atoms with van der Waals surface area (Å²) in [6.07, 6.45) is 3.66. The third-order valence-electron chi connectivity index (χ3n) is 6.90. The molecule has 33 heavy (non-hydrogen) atoms. The van der Waals surface area contributed by atoms with E-state index in [9.17, 15) is 13.6 Å². The number of amides is 2. The predicted molar refractivity (Wildman–Crippen MR) is 125 cm³/mol. The van der Waals surface area contributed by atoms with E-state index in [2.05, 4.69) is 11.9 Å². The van der Waals surface area contributed by atoms with E-state index >= 15 is 0 Å². The fourth-order valence-corrected chi connectivity index (χ4v) is 4.99. The lowest BCUT2D eigenvalue weighted by Gasteiger charge is -2.43. The molecule has 0 bridgehead atoms. The first-order valence-corrected chi connectivity index (χ1v) is 11.3. The van der Waals surface area contributed by atoms with Gasteiger partial charge in [-0.3, -0.25) is 0 Å². The summed E-state index contributed by atoms with van der Waals surface area (Å²) in [5.41, 5.74) is 0.673. The summed E-state index contributed by atoms with van der Waals surface area (Å²) in [5, 5.41) is 0. The second-order valence-corrected chi connectivity index (χ2v) is 9.03. The van der Waals surface area contributed by atoms with Gasteiger partial charge in [-0.15, -0.1) is 0 Å². The lowest BCUT2D eigenvalue weighted by molar-refractivity contribution is 0.0528. The van der Waals surface area contributed by atoms with Gasteiger partial charge < -0.3 is 19.4 Å². The molecule has 0 aliphatic carbocycles. The SMILES string of the molecule is COCC1(c2ccccc2)C=C(c2cc(F)ccc2F)CN1C(=O)N(C)C1CCN(C)CC1. The summed E-state index contributed by atoms with van der Waals surface area (Å²) in [6.45, 7) is 2.23. The monoisotopic (exact) mass is 455 g/mol. The predicted octanol–water partition coefficient (Wildman–Crippen LogP) is 4.35. The maximum Gasteiger partial charge on any atom is 0.321 e. The molecule has 0 radical (unpaired) electrons. The molecule has 0 saturated carbocycles. The number of piperidine rings is 1. The minimum atomic E-state index is -0.930. The van der Waals surface area contributed by atoms with Crippen molar-refractivity contribution in [1.29, 1.82) is 0 Å². The summed E-state index contributed by atoms with van der Waals surface area (Å²) in [7, 11) is 5.51. The highest BCUT2D eigenvalue weighted by atomic mass is 19.1. The Bertz CT molecular complexity index is 1020. The number of halogens is 2. The van der Waals surface area contributed by atoms with E-state index in [4.69, 9.17) is 4.74 Å². The lowest BCUT2D eigenvalue weighted by Crippen LogP contribution is -2.55. The Kier molecular flexibility index (Phi) is 6.81. The van der Waals surface area contributed by atoms with Gasteiger partial charge in [-0.05, 0) is 68.4 Å². The molecular formula is C26H31F2N3O2. The Labute approximate surface area is 194 Å². The molecule has 0 aromatic heterocycles. The Morgan fingerprint density at radius 2 is 1.85 bits per heavy atom. The molecule has 1 unspecified atom stereocenters. The second kappa shape index (κ2) is 9.61. The minimum Gasteiger partial charge on any atom is -0.382 e. The molecule has 4 rings (SSSR count). The molecule has 0 spiro atoms. The molecule has 2 aliphatic rings. The van der Waals surface area contributed by atoms with Crippen molar-refractivity contribution >= 4 is 11.6 Å². The van der Waals surface area contributed by atoms with E-state index in [1.165, 1.54) is 6.07 Å². The summed E-state index contributed by atoms with van der Waals surface area (Å²) in [5.74, 6) is -1.03. The normalized spacial score (nSPS) is 21.8. The first kappa shape index (κ1) is 23.4. The standard InChI is InChI=1S/C26H31F2N3O2/c1-29-13-11-22(12-14-29)30(2)25(32)31-17-19(23-15-21(27)9-10-24(23)28)16-26(31,18-33-3)20-7-5-4-6-8-20/h4-10,15-16,22H,11-14,17-18H2,1-3H3. The van der Waals surface area contributed by atoms with Crippen molar-refractivity contribution < 1.29 is 18.3 Å². The number of benzene rings is 2. The quantitative estimate of drug-likeness (QED) is 0.673. The van der Waals surface area contributed by atoms with Crippen LogP contribution in [0, 0.1) is 11.6 Å². The zero-order valence-electron chi connectivity index (χ0n) is 19.4. The summed E-state index contributed by atoms with van der Waals surface area (Å²) < 4.78 is 34.3. The third kappa shape index (κ3) is 4.52. The van der Waals surface area contributed by atoms with Crippen LogP contribution in [0.4, 0.5) is 13.6 Å². The largest absolute Gasteiger partial charge is 0.382 e. The molecule has 7 heteroatoms. The van der Waals surface area contributed by atoms with E-state index in [-0.39, 0.29) is 30.8 Å². The van der Waals surface area contributed by atoms with Crippen LogP contribution in [0.15, 0.2) is 54.6 Å². The highest BCUT2D eigenvalue weighted by Crippen LogP contribution is 2.42. The molecule has 0 N–H and O–H groups in total. The van der Waals surface area contributed by atoms with Crippen LogP contribution in [-0.4, -0.2) is 74.2 Å². The molecule has 2 aromatic carbocycles. The maximum absolute atomic E-state index is 14.7. The Balaban J connectivity index is 1.76. The van der Waals surface area contributed by atoms with Gasteiger partial charge in [0.1, 0.15) is 17.2 Å². The summed E-state index contributed by atoms with van der Waals surface area (Å²) in [6, 6.07) is 13.0. The number of carbonyl (C=O) groups excluding carboxylic acids is 1. The summed E-state index contributed by atoms with van der Waals surface area (Å²) >= 11 is 0. The first-order chi connectivity index (χ1) is 15.9. The number of rotatable bonds is 5. The van der Waals surface area contributed by atoms with Gasteiger partial charge in [0, 0.05) is 32.3 Å². The van der Waals surface area contributed by atoms with Crippen LogP contribution >= 0.6 is 0 Å². The first-order valence-electron chi connectivity index (χ1n) is 11.3. The highest BCUT2D eigenvalue weighted by Gasteiger charge is 2.47. The summed E-state index contributed by atoms with van der Waals surface area (Å²) in [4.78, 5) is 19.7. The third-order valence-corrected chi connectivity index (χ3v) is 6.90. The van der Waals surface area contributed by atoms with Crippen molar-refractivity contribution in [3.05, 3.63) is 77.4 Å². The van der Waals surface area contributed by atoms with Crippen molar-refractivity contribution in [3.63, 3.8) is 0 Å². The molecule has 1 saturated heterocycles. The Morgan fingerprint density at radius 1 is 1.15 bits per heavy atom. The Morgan fingerprint density at radius 3 is 2.52 bits per heavy atom. The number of likely N-dealkylation sites (tertiary alicyclic amines) is 1. The van der Waals surface area contributed by atoms with Crippen LogP contribution in [0.2, 0.25) is 0 Å². The van der Waals surface area contributed by atoms with E-state index in [0.29, 0.717) is 5.57 Å². The highest BCUT2D eigenvalue weighted by molar-refractivity contribution is 5.83. The second-order valence-electron chi connectivity index (χ2n) is 9.03. The van der Waals surface area contributed by atoms with Gasteiger partial charge in [-0.2, -0.15) is 0 Å². The average Bonchev–Trinajstić information content (AvgIpc) is 3.21. The molecule has 2 aromatic rings. The topological polar surface area (TPSA) is 36.0 Å². The molecule has 5 nitrogen and oxygen atoms in total. The number of urea groups is 1. The zero-order valence-corrected chi connectivity index (χ0v) is 19.4. The van der Waals surface area contributed by atoms with Crippen molar-refractivity contribution in [2.24, 2.45) is 0 Å². The van der Waals surface area contributed by atoms with Gasteiger partial charge in [0.05, 0.1) is 6.61 Å². The van der Waals surface area contributed by atoms with Crippen LogP contribution in [0.25, 0.3) is 5.57 Å². The van der Waals surface area contributed by atoms with Crippen LogP contribution in [0.5, 0.6) is 0 Å². The molecule has 176 valence electrons. The van der Waals surface area contributed by atoms with Crippen LogP contribution < -0.4 is 0 Å². The molecule has 2 amide bonds. The maximum atomic E-state index is 14.7. The average molecular weight is 456 g/mol. The molecule has 1 fully saturated rings. The van der Waals surface area contributed by atoms with Gasteiger partial charge in [0.15, 0.2) is 0 Å². The van der Waals surface area contributed by atoms with Crippen molar-refractivity contribution in [2.45, 2.75) is 24.4 Å². The van der Waals surface area contributed by atoms with E-state index < -0.39 is 17.2 Å². The van der Waals surface area contributed by atoms with E-state index in [1.807, 2.05) is 43.5 Å². The van der Waals surface area contributed by atoms with Crippen LogP contribution in [0.1, 0.15) is 24.0 Å². The van der Waals surface area contributed by atoms with Crippen molar-refractivity contribution in [2.75, 3.05) is 47.4 Å². The zero-order chi connectivity index (χ0) is 23.6. The van der Waals surface area contributed by atoms with Gasteiger partial charge in [0.2, 0.25) is 0 Å². The minimum absolute atomic E-state index is 0.125. The van der Waals surface area contributed by atoms with E-state index in [0.717, 1.165) is 43.6 Å². The Hall–Kier alpha value is -2.77.